The van der Waals surface area contributed by atoms with Gasteiger partial charge in [-0.25, -0.2) is 0 Å². The van der Waals surface area contributed by atoms with Crippen LogP contribution in [-0.2, 0) is 9.53 Å². The topological polar surface area (TPSA) is 49.8 Å². The molecule has 1 N–H and O–H groups in total. The zero-order chi connectivity index (χ0) is 11.7. The van der Waals surface area contributed by atoms with E-state index in [9.17, 15) is 4.79 Å². The fourth-order valence-corrected chi connectivity index (χ4v) is 1.24. The second-order valence-electron chi connectivity index (χ2n) is 3.77. The molecule has 0 aliphatic carbocycles. The summed E-state index contributed by atoms with van der Waals surface area (Å²) < 4.78 is 4.95. The standard InChI is InChI=1S/C11H23NO3/c1-4-10(2)11(14)9-12(5-7-13)6-8-15-3/h10,13H,4-9H2,1-3H3. The molecule has 0 aromatic rings. The summed E-state index contributed by atoms with van der Waals surface area (Å²) in [7, 11) is 1.63. The fourth-order valence-electron chi connectivity index (χ4n) is 1.24. The Kier molecular flexibility index (Phi) is 8.56. The number of hydrogen-bond donors (Lipinski definition) is 1. The van der Waals surface area contributed by atoms with Crippen molar-refractivity contribution in [3.8, 4) is 0 Å². The molecule has 0 heterocycles. The van der Waals surface area contributed by atoms with E-state index >= 15 is 0 Å². The number of hydrogen-bond acceptors (Lipinski definition) is 4. The quantitative estimate of drug-likeness (QED) is 0.612. The van der Waals surface area contributed by atoms with Gasteiger partial charge < -0.3 is 9.84 Å². The van der Waals surface area contributed by atoms with Crippen LogP contribution in [0, 0.1) is 5.92 Å². The number of methoxy groups -OCH3 is 1. The maximum absolute atomic E-state index is 11.7. The highest BCUT2D eigenvalue weighted by molar-refractivity contribution is 5.82. The van der Waals surface area contributed by atoms with Crippen LogP contribution in [0.3, 0.4) is 0 Å². The van der Waals surface area contributed by atoms with Gasteiger partial charge in [0.25, 0.3) is 0 Å². The molecule has 0 rings (SSSR count). The highest BCUT2D eigenvalue weighted by Crippen LogP contribution is 2.03. The number of rotatable bonds is 9. The lowest BCUT2D eigenvalue weighted by Gasteiger charge is -2.21. The van der Waals surface area contributed by atoms with Crippen LogP contribution in [-0.4, -0.2) is 55.7 Å². The Labute approximate surface area is 92.2 Å². The summed E-state index contributed by atoms with van der Waals surface area (Å²) in [5.41, 5.74) is 0. The summed E-state index contributed by atoms with van der Waals surface area (Å²) in [4.78, 5) is 13.6. The lowest BCUT2D eigenvalue weighted by Crippen LogP contribution is -2.36. The average molecular weight is 217 g/mol. The summed E-state index contributed by atoms with van der Waals surface area (Å²) in [6.45, 7) is 6.26. The molecule has 90 valence electrons. The molecule has 0 fully saturated rings. The molecular formula is C11H23NO3. The molecule has 0 aliphatic heterocycles. The summed E-state index contributed by atoms with van der Waals surface area (Å²) >= 11 is 0. The Bertz CT molecular complexity index is 173. The average Bonchev–Trinajstić information content (AvgIpc) is 2.24. The summed E-state index contributed by atoms with van der Waals surface area (Å²) in [5, 5.41) is 8.85. The van der Waals surface area contributed by atoms with Crippen molar-refractivity contribution in [2.45, 2.75) is 20.3 Å². The van der Waals surface area contributed by atoms with Gasteiger partial charge >= 0.3 is 0 Å². The Morgan fingerprint density at radius 2 is 2.13 bits per heavy atom. The molecule has 0 aromatic heterocycles. The molecular weight excluding hydrogens is 194 g/mol. The third kappa shape index (κ3) is 6.60. The van der Waals surface area contributed by atoms with Crippen LogP contribution in [0.4, 0.5) is 0 Å². The van der Waals surface area contributed by atoms with Gasteiger partial charge in [0, 0.05) is 26.1 Å². The largest absolute Gasteiger partial charge is 0.395 e. The number of carbonyl (C=O) groups is 1. The third-order valence-electron chi connectivity index (χ3n) is 2.57. The summed E-state index contributed by atoms with van der Waals surface area (Å²) in [5.74, 6) is 0.343. The van der Waals surface area contributed by atoms with E-state index in [-0.39, 0.29) is 18.3 Å². The van der Waals surface area contributed by atoms with Gasteiger partial charge in [-0.05, 0) is 6.42 Å². The molecule has 0 bridgehead atoms. The first-order chi connectivity index (χ1) is 7.15. The molecule has 0 aromatic carbocycles. The molecule has 0 saturated heterocycles. The predicted molar refractivity (Wildman–Crippen MR) is 59.9 cm³/mol. The molecule has 1 unspecified atom stereocenters. The minimum Gasteiger partial charge on any atom is -0.395 e. The minimum atomic E-state index is 0.0809. The molecule has 0 radical (unpaired) electrons. The highest BCUT2D eigenvalue weighted by atomic mass is 16.5. The van der Waals surface area contributed by atoms with Gasteiger partial charge in [-0.1, -0.05) is 13.8 Å². The lowest BCUT2D eigenvalue weighted by molar-refractivity contribution is -0.123. The van der Waals surface area contributed by atoms with Gasteiger partial charge in [0.15, 0.2) is 0 Å². The number of aliphatic hydroxyl groups excluding tert-OH is 1. The van der Waals surface area contributed by atoms with Crippen LogP contribution in [0.1, 0.15) is 20.3 Å². The molecule has 0 saturated carbocycles. The van der Waals surface area contributed by atoms with Crippen LogP contribution < -0.4 is 0 Å². The zero-order valence-electron chi connectivity index (χ0n) is 10.0. The van der Waals surface area contributed by atoms with E-state index in [4.69, 9.17) is 9.84 Å². The van der Waals surface area contributed by atoms with Gasteiger partial charge in [0.05, 0.1) is 19.8 Å². The van der Waals surface area contributed by atoms with Gasteiger partial charge in [-0.3, -0.25) is 9.69 Å². The van der Waals surface area contributed by atoms with E-state index in [0.29, 0.717) is 26.2 Å². The smallest absolute Gasteiger partial charge is 0.149 e. The predicted octanol–water partition coefficient (Wildman–Crippen LogP) is 0.542. The van der Waals surface area contributed by atoms with Crippen molar-refractivity contribution in [1.82, 2.24) is 4.90 Å². The molecule has 1 atom stereocenters. The second kappa shape index (κ2) is 8.83. The third-order valence-corrected chi connectivity index (χ3v) is 2.57. The van der Waals surface area contributed by atoms with Crippen LogP contribution in [0.25, 0.3) is 0 Å². The molecule has 0 aliphatic rings. The Balaban J connectivity index is 3.97. The number of aliphatic hydroxyl groups is 1. The van der Waals surface area contributed by atoms with Gasteiger partial charge in [0.2, 0.25) is 0 Å². The first-order valence-corrected chi connectivity index (χ1v) is 5.50. The molecule has 4 heteroatoms. The second-order valence-corrected chi connectivity index (χ2v) is 3.77. The van der Waals surface area contributed by atoms with Gasteiger partial charge in [-0.2, -0.15) is 0 Å². The lowest BCUT2D eigenvalue weighted by atomic mass is 10.0. The maximum Gasteiger partial charge on any atom is 0.149 e. The minimum absolute atomic E-state index is 0.0809. The summed E-state index contributed by atoms with van der Waals surface area (Å²) in [6, 6.07) is 0. The zero-order valence-corrected chi connectivity index (χ0v) is 10.0. The van der Waals surface area contributed by atoms with Crippen molar-refractivity contribution in [3.05, 3.63) is 0 Å². The van der Waals surface area contributed by atoms with Crippen molar-refractivity contribution in [2.24, 2.45) is 5.92 Å². The van der Waals surface area contributed by atoms with Crippen molar-refractivity contribution >= 4 is 5.78 Å². The van der Waals surface area contributed by atoms with Crippen molar-refractivity contribution in [1.29, 1.82) is 0 Å². The fraction of sp³-hybridized carbons (Fsp3) is 0.909. The number of nitrogens with zero attached hydrogens (tertiary/aromatic N) is 1. The number of ether oxygens (including phenoxy) is 1. The van der Waals surface area contributed by atoms with Gasteiger partial charge in [-0.15, -0.1) is 0 Å². The van der Waals surface area contributed by atoms with Crippen molar-refractivity contribution in [2.75, 3.05) is 40.0 Å². The van der Waals surface area contributed by atoms with E-state index in [1.165, 1.54) is 0 Å². The van der Waals surface area contributed by atoms with Gasteiger partial charge in [0.1, 0.15) is 5.78 Å². The van der Waals surface area contributed by atoms with Crippen LogP contribution >= 0.6 is 0 Å². The molecule has 0 spiro atoms. The van der Waals surface area contributed by atoms with Crippen LogP contribution in [0.15, 0.2) is 0 Å². The first-order valence-electron chi connectivity index (χ1n) is 5.50. The number of Topliss-reactive ketones (excluding diaryl/α,β-unsaturated/α-hetero) is 1. The van der Waals surface area contributed by atoms with Crippen molar-refractivity contribution < 1.29 is 14.6 Å². The van der Waals surface area contributed by atoms with Crippen molar-refractivity contribution in [3.63, 3.8) is 0 Å². The SMILES string of the molecule is CCC(C)C(=O)CN(CCO)CCOC. The normalized spacial score (nSPS) is 13.1. The van der Waals surface area contributed by atoms with Crippen LogP contribution in [0.5, 0.6) is 0 Å². The molecule has 0 amide bonds. The monoisotopic (exact) mass is 217 g/mol. The first kappa shape index (κ1) is 14.6. The number of ketones is 1. The summed E-state index contributed by atoms with van der Waals surface area (Å²) in [6.07, 6.45) is 0.871. The van der Waals surface area contributed by atoms with E-state index in [0.717, 1.165) is 6.42 Å². The Morgan fingerprint density at radius 3 is 2.60 bits per heavy atom. The molecule has 15 heavy (non-hydrogen) atoms. The van der Waals surface area contributed by atoms with E-state index in [1.807, 2.05) is 18.7 Å². The van der Waals surface area contributed by atoms with Crippen LogP contribution in [0.2, 0.25) is 0 Å². The maximum atomic E-state index is 11.7. The Morgan fingerprint density at radius 1 is 1.47 bits per heavy atom. The van der Waals surface area contributed by atoms with E-state index < -0.39 is 0 Å². The molecule has 4 nitrogen and oxygen atoms in total. The highest BCUT2D eigenvalue weighted by Gasteiger charge is 2.14. The van der Waals surface area contributed by atoms with E-state index in [1.54, 1.807) is 7.11 Å². The number of carbonyl (C=O) groups excluding carboxylic acids is 1. The Hall–Kier alpha value is -0.450. The van der Waals surface area contributed by atoms with E-state index in [2.05, 4.69) is 0 Å².